The molecule has 146 valence electrons. The second kappa shape index (κ2) is 8.81. The van der Waals surface area contributed by atoms with Gasteiger partial charge in [-0.3, -0.25) is 4.79 Å². The number of likely N-dealkylation sites (tertiary alicyclic amines) is 1. The highest BCUT2D eigenvalue weighted by atomic mass is 32.2. The quantitative estimate of drug-likeness (QED) is 0.559. The van der Waals surface area contributed by atoms with E-state index in [0.717, 1.165) is 6.42 Å². The average molecular weight is 395 g/mol. The number of nitrogens with two attached hydrogens (primary N) is 1. The number of hydrogen-bond donors (Lipinski definition) is 3. The zero-order valence-corrected chi connectivity index (χ0v) is 15.6. The number of amidine groups is 1. The van der Waals surface area contributed by atoms with Gasteiger partial charge in [0, 0.05) is 5.75 Å². The number of rotatable bonds is 4. The third kappa shape index (κ3) is 5.05. The Morgan fingerprint density at radius 2 is 2.22 bits per heavy atom. The van der Waals surface area contributed by atoms with Crippen molar-refractivity contribution in [3.63, 3.8) is 0 Å². The van der Waals surface area contributed by atoms with Crippen LogP contribution >= 0.6 is 11.8 Å². The largest absolute Gasteiger partial charge is 0.486 e. The number of carbonyl (C=O) groups excluding carboxylic acids is 1. The fourth-order valence-corrected chi connectivity index (χ4v) is 3.66. The molecule has 0 saturated carbocycles. The Kier molecular flexibility index (Phi) is 6.45. The second-order valence-electron chi connectivity index (χ2n) is 6.52. The molecule has 3 heterocycles. The van der Waals surface area contributed by atoms with Crippen LogP contribution in [0.5, 0.6) is 0 Å². The van der Waals surface area contributed by atoms with E-state index in [1.54, 1.807) is 11.0 Å². The highest BCUT2D eigenvalue weighted by Crippen LogP contribution is 2.24. The number of allylic oxidation sites excluding steroid dienone is 2. The summed E-state index contributed by atoms with van der Waals surface area (Å²) in [5.41, 5.74) is 5.54. The molecule has 1 atom stereocenters. The Balaban J connectivity index is 1.62. The zero-order chi connectivity index (χ0) is 19.4. The smallest absolute Gasteiger partial charge is 0.454 e. The number of carboxylic acids is 1. The normalized spacial score (nSPS) is 24.5. The maximum absolute atomic E-state index is 12.3. The van der Waals surface area contributed by atoms with E-state index in [2.05, 4.69) is 4.99 Å². The van der Waals surface area contributed by atoms with E-state index in [9.17, 15) is 19.7 Å². The van der Waals surface area contributed by atoms with Crippen LogP contribution in [0.4, 0.5) is 0 Å². The number of amides is 1. The maximum Gasteiger partial charge on any atom is 0.454 e. The van der Waals surface area contributed by atoms with Gasteiger partial charge in [0.05, 0.1) is 19.7 Å². The van der Waals surface area contributed by atoms with Crippen molar-refractivity contribution in [2.75, 3.05) is 25.4 Å². The lowest BCUT2D eigenvalue weighted by Crippen LogP contribution is -2.57. The summed E-state index contributed by atoms with van der Waals surface area (Å²) in [4.78, 5) is 29.6. The van der Waals surface area contributed by atoms with Gasteiger partial charge in [-0.25, -0.2) is 9.79 Å². The molecule has 0 aromatic heterocycles. The molecule has 11 heteroatoms. The minimum atomic E-state index is -1.16. The number of aliphatic carboxylic acids is 1. The van der Waals surface area contributed by atoms with Crippen molar-refractivity contribution in [1.82, 2.24) is 4.90 Å². The molecule has 3 aliphatic heterocycles. The van der Waals surface area contributed by atoms with E-state index in [1.807, 2.05) is 6.08 Å². The lowest BCUT2D eigenvalue weighted by molar-refractivity contribution is -0.143. The van der Waals surface area contributed by atoms with Gasteiger partial charge < -0.3 is 30.2 Å². The first kappa shape index (κ1) is 19.8. The third-order valence-corrected chi connectivity index (χ3v) is 5.36. The topological polar surface area (TPSA) is 135 Å². The van der Waals surface area contributed by atoms with Crippen LogP contribution in [0.1, 0.15) is 12.8 Å². The van der Waals surface area contributed by atoms with Gasteiger partial charge in [-0.15, -0.1) is 0 Å². The van der Waals surface area contributed by atoms with Gasteiger partial charge in [0.2, 0.25) is 5.91 Å². The molecule has 3 aliphatic rings. The predicted molar refractivity (Wildman–Crippen MR) is 101 cm³/mol. The zero-order valence-electron chi connectivity index (χ0n) is 14.7. The van der Waals surface area contributed by atoms with Gasteiger partial charge in [0.15, 0.2) is 5.17 Å². The van der Waals surface area contributed by atoms with Crippen LogP contribution in [-0.2, 0) is 19.0 Å². The molecule has 1 fully saturated rings. The van der Waals surface area contributed by atoms with Crippen molar-refractivity contribution in [3.8, 4) is 0 Å². The van der Waals surface area contributed by atoms with Crippen molar-refractivity contribution in [2.45, 2.75) is 31.3 Å². The molecule has 0 aromatic rings. The van der Waals surface area contributed by atoms with Gasteiger partial charge in [0.25, 0.3) is 0 Å². The monoisotopic (exact) mass is 395 g/mol. The first-order valence-electron chi connectivity index (χ1n) is 8.78. The van der Waals surface area contributed by atoms with Crippen molar-refractivity contribution in [3.05, 3.63) is 23.5 Å². The number of nitrogens with zero attached hydrogens (tertiary/aromatic N) is 2. The Hall–Kier alpha value is -1.98. The highest BCUT2D eigenvalue weighted by molar-refractivity contribution is 8.14. The molecule has 0 spiro atoms. The van der Waals surface area contributed by atoms with Crippen LogP contribution in [0, 0.1) is 0 Å². The number of aliphatic imine (C=N–C) groups is 1. The van der Waals surface area contributed by atoms with Crippen LogP contribution in [0.3, 0.4) is 0 Å². The van der Waals surface area contributed by atoms with Gasteiger partial charge in [-0.05, 0) is 18.8 Å². The summed E-state index contributed by atoms with van der Waals surface area (Å²) < 4.78 is 11.0. The van der Waals surface area contributed by atoms with E-state index in [-0.39, 0.29) is 30.0 Å². The number of carboxylic acid groups (broad SMARTS) is 1. The fourth-order valence-electron chi connectivity index (χ4n) is 2.91. The molecule has 1 saturated heterocycles. The number of carbonyl (C=O) groups is 2. The van der Waals surface area contributed by atoms with Crippen molar-refractivity contribution >= 4 is 35.9 Å². The predicted octanol–water partition coefficient (Wildman–Crippen LogP) is -0.170. The molecule has 27 heavy (non-hydrogen) atoms. The first-order chi connectivity index (χ1) is 12.9. The second-order valence-corrected chi connectivity index (χ2v) is 7.56. The molecule has 0 bridgehead atoms. The molecule has 3 rings (SSSR count). The van der Waals surface area contributed by atoms with Crippen molar-refractivity contribution in [1.29, 1.82) is 0 Å². The Bertz CT molecular complexity index is 692. The van der Waals surface area contributed by atoms with Gasteiger partial charge in [-0.1, -0.05) is 24.3 Å². The standard InChI is InChI=1S/C16H22BN3O6S/c18-16-19-12(9-27-16)14(21)20-6-10(7-20)26-13-4-2-1-3-5-17(24)25-8-11(13)15(22)23/h2,4,10,12,24H,1,3,5-9H2,(H2,18,19)(H,22,23). The summed E-state index contributed by atoms with van der Waals surface area (Å²) in [6.45, 7) is 0.477. The van der Waals surface area contributed by atoms with Crippen LogP contribution in [0.25, 0.3) is 0 Å². The van der Waals surface area contributed by atoms with Gasteiger partial charge in [-0.2, -0.15) is 0 Å². The number of thioether (sulfide) groups is 1. The molecule has 9 nitrogen and oxygen atoms in total. The Morgan fingerprint density at radius 3 is 2.89 bits per heavy atom. The Morgan fingerprint density at radius 1 is 1.44 bits per heavy atom. The maximum atomic E-state index is 12.3. The van der Waals surface area contributed by atoms with Gasteiger partial charge in [0.1, 0.15) is 23.5 Å². The third-order valence-electron chi connectivity index (χ3n) is 4.48. The summed E-state index contributed by atoms with van der Waals surface area (Å²) in [6, 6.07) is -0.451. The van der Waals surface area contributed by atoms with Crippen LogP contribution in [-0.4, -0.2) is 76.8 Å². The summed E-state index contributed by atoms with van der Waals surface area (Å²) >= 11 is 1.36. The molecular formula is C16H22BN3O6S. The van der Waals surface area contributed by atoms with E-state index in [0.29, 0.717) is 36.8 Å². The van der Waals surface area contributed by atoms with E-state index in [1.165, 1.54) is 11.8 Å². The van der Waals surface area contributed by atoms with Crippen molar-refractivity contribution < 1.29 is 29.1 Å². The summed E-state index contributed by atoms with van der Waals surface area (Å²) in [7, 11) is -0.999. The first-order valence-corrected chi connectivity index (χ1v) is 9.76. The lowest BCUT2D eigenvalue weighted by atomic mass is 9.82. The van der Waals surface area contributed by atoms with Crippen LogP contribution < -0.4 is 5.73 Å². The van der Waals surface area contributed by atoms with Crippen molar-refractivity contribution in [2.24, 2.45) is 10.7 Å². The van der Waals surface area contributed by atoms with E-state index in [4.69, 9.17) is 15.1 Å². The van der Waals surface area contributed by atoms with Crippen LogP contribution in [0.2, 0.25) is 6.32 Å². The SMILES string of the molecule is NC1=NC(C(=O)N2CC(OC3=C(C(=O)O)COB(O)CCCC=C3)C2)CS1. The minimum Gasteiger partial charge on any atom is -0.486 e. The molecule has 1 amide bonds. The molecule has 0 aromatic carbocycles. The summed E-state index contributed by atoms with van der Waals surface area (Å²) in [6.07, 6.45) is 5.00. The summed E-state index contributed by atoms with van der Waals surface area (Å²) in [5.74, 6) is -0.512. The minimum absolute atomic E-state index is 0.0541. The Labute approximate surface area is 161 Å². The molecule has 0 aliphatic carbocycles. The fraction of sp³-hybridized carbons (Fsp3) is 0.562. The van der Waals surface area contributed by atoms with Crippen LogP contribution in [0.15, 0.2) is 28.5 Å². The molecule has 0 radical (unpaired) electrons. The number of hydrogen-bond acceptors (Lipinski definition) is 8. The van der Waals surface area contributed by atoms with Gasteiger partial charge >= 0.3 is 13.1 Å². The van der Waals surface area contributed by atoms with E-state index < -0.39 is 19.1 Å². The molecular weight excluding hydrogens is 373 g/mol. The molecule has 4 N–H and O–H groups in total. The number of ether oxygens (including phenoxy) is 1. The average Bonchev–Trinajstić information content (AvgIpc) is 3.02. The highest BCUT2D eigenvalue weighted by Gasteiger charge is 2.38. The lowest BCUT2D eigenvalue weighted by Gasteiger charge is -2.40. The molecule has 1 unspecified atom stereocenters. The van der Waals surface area contributed by atoms with E-state index >= 15 is 0 Å². The summed E-state index contributed by atoms with van der Waals surface area (Å²) in [5, 5.41) is 19.6.